The second-order valence-corrected chi connectivity index (χ2v) is 4.76. The van der Waals surface area contributed by atoms with Crippen LogP contribution in [0.25, 0.3) is 0 Å². The van der Waals surface area contributed by atoms with Crippen LogP contribution < -0.4 is 0 Å². The molecule has 0 heterocycles. The van der Waals surface area contributed by atoms with Crippen LogP contribution in [0.4, 0.5) is 0 Å². The molecule has 0 aromatic carbocycles. The fourth-order valence-corrected chi connectivity index (χ4v) is 2.03. The summed E-state index contributed by atoms with van der Waals surface area (Å²) in [4.78, 5) is 11.2. The molecule has 0 N–H and O–H groups in total. The largest absolute Gasteiger partial charge is 0.300 e. The fraction of sp³-hybridized carbons (Fsp3) is 0.643. The lowest BCUT2D eigenvalue weighted by molar-refractivity contribution is -0.120. The van der Waals surface area contributed by atoms with Gasteiger partial charge in [0.25, 0.3) is 0 Å². The van der Waals surface area contributed by atoms with Crippen molar-refractivity contribution < 1.29 is 4.79 Å². The molecule has 0 aromatic rings. The van der Waals surface area contributed by atoms with Crippen LogP contribution in [0, 0.1) is 5.92 Å². The Kier molecular flexibility index (Phi) is 4.80. The monoisotopic (exact) mass is 206 g/mol. The van der Waals surface area contributed by atoms with Gasteiger partial charge < -0.3 is 0 Å². The lowest BCUT2D eigenvalue weighted by Crippen LogP contribution is -2.13. The minimum Gasteiger partial charge on any atom is -0.300 e. The van der Waals surface area contributed by atoms with Crippen LogP contribution in [0.2, 0.25) is 0 Å². The van der Waals surface area contributed by atoms with Gasteiger partial charge in [-0.05, 0) is 52.9 Å². The maximum Gasteiger partial charge on any atom is 0.133 e. The highest BCUT2D eigenvalue weighted by atomic mass is 16.1. The van der Waals surface area contributed by atoms with Gasteiger partial charge in [0.2, 0.25) is 0 Å². The minimum absolute atomic E-state index is 0.303. The van der Waals surface area contributed by atoms with Gasteiger partial charge in [-0.2, -0.15) is 0 Å². The number of allylic oxidation sites excluding steroid dienone is 4. The Bertz CT molecular complexity index is 280. The van der Waals surface area contributed by atoms with E-state index in [-0.39, 0.29) is 0 Å². The molecule has 0 radical (unpaired) electrons. The molecule has 0 bridgehead atoms. The Morgan fingerprint density at radius 1 is 1.47 bits per heavy atom. The predicted octanol–water partition coefficient (Wildman–Crippen LogP) is 4.05. The van der Waals surface area contributed by atoms with Gasteiger partial charge in [0.05, 0.1) is 0 Å². The molecule has 0 fully saturated rings. The number of Topliss-reactive ketones (excluding diaryl/α,β-unsaturated/α-hetero) is 1. The zero-order chi connectivity index (χ0) is 11.3. The van der Waals surface area contributed by atoms with Crippen LogP contribution in [0.15, 0.2) is 23.3 Å². The van der Waals surface area contributed by atoms with Gasteiger partial charge in [-0.3, -0.25) is 4.79 Å². The normalized spacial score (nSPS) is 20.7. The van der Waals surface area contributed by atoms with E-state index in [2.05, 4.69) is 26.0 Å². The Balaban J connectivity index is 2.34. The van der Waals surface area contributed by atoms with Crippen molar-refractivity contribution in [3.8, 4) is 0 Å². The molecule has 15 heavy (non-hydrogen) atoms. The summed E-state index contributed by atoms with van der Waals surface area (Å²) in [7, 11) is 0. The molecule has 0 aromatic heterocycles. The van der Waals surface area contributed by atoms with Crippen molar-refractivity contribution in [3.05, 3.63) is 23.3 Å². The first-order chi connectivity index (χ1) is 7.09. The topological polar surface area (TPSA) is 17.1 Å². The number of carbonyl (C=O) groups is 1. The number of hydrogen-bond donors (Lipinski definition) is 0. The molecular formula is C14H22O. The molecule has 1 aliphatic carbocycles. The van der Waals surface area contributed by atoms with Crippen molar-refractivity contribution >= 4 is 5.78 Å². The molecule has 84 valence electrons. The number of rotatable bonds is 4. The van der Waals surface area contributed by atoms with Gasteiger partial charge >= 0.3 is 0 Å². The van der Waals surface area contributed by atoms with E-state index in [1.807, 2.05) is 0 Å². The van der Waals surface area contributed by atoms with E-state index in [1.165, 1.54) is 12.0 Å². The van der Waals surface area contributed by atoms with E-state index in [0.717, 1.165) is 25.7 Å². The smallest absolute Gasteiger partial charge is 0.133 e. The van der Waals surface area contributed by atoms with Crippen molar-refractivity contribution in [2.75, 3.05) is 0 Å². The second-order valence-electron chi connectivity index (χ2n) is 4.76. The number of carbonyl (C=O) groups excluding carboxylic acids is 1. The molecule has 0 amide bonds. The first kappa shape index (κ1) is 12.2. The first-order valence-corrected chi connectivity index (χ1v) is 5.91. The quantitative estimate of drug-likeness (QED) is 0.634. The van der Waals surface area contributed by atoms with Crippen LogP contribution in [0.3, 0.4) is 0 Å². The SMILES string of the molecule is CC(=O)[C@H]1CC=C(CCC=C(C)C)CC1. The van der Waals surface area contributed by atoms with E-state index in [1.54, 1.807) is 12.5 Å². The Hall–Kier alpha value is -0.850. The zero-order valence-electron chi connectivity index (χ0n) is 10.2. The van der Waals surface area contributed by atoms with Crippen molar-refractivity contribution in [2.24, 2.45) is 5.92 Å². The third-order valence-corrected chi connectivity index (χ3v) is 3.10. The number of hydrogen-bond acceptors (Lipinski definition) is 1. The number of ketones is 1. The van der Waals surface area contributed by atoms with Crippen LogP contribution in [-0.4, -0.2) is 5.78 Å². The van der Waals surface area contributed by atoms with Crippen LogP contribution in [0.5, 0.6) is 0 Å². The van der Waals surface area contributed by atoms with Crippen LogP contribution in [0.1, 0.15) is 52.9 Å². The van der Waals surface area contributed by atoms with Crippen LogP contribution in [-0.2, 0) is 4.79 Å². The molecular weight excluding hydrogens is 184 g/mol. The van der Waals surface area contributed by atoms with E-state index in [4.69, 9.17) is 0 Å². The highest BCUT2D eigenvalue weighted by Crippen LogP contribution is 2.26. The fourth-order valence-electron chi connectivity index (χ4n) is 2.03. The molecule has 1 rings (SSSR count). The van der Waals surface area contributed by atoms with Gasteiger partial charge in [0, 0.05) is 5.92 Å². The summed E-state index contributed by atoms with van der Waals surface area (Å²) in [5.41, 5.74) is 2.94. The third-order valence-electron chi connectivity index (χ3n) is 3.10. The summed E-state index contributed by atoms with van der Waals surface area (Å²) >= 11 is 0. The molecule has 0 spiro atoms. The Morgan fingerprint density at radius 2 is 2.20 bits per heavy atom. The van der Waals surface area contributed by atoms with Crippen molar-refractivity contribution in [1.29, 1.82) is 0 Å². The van der Waals surface area contributed by atoms with Crippen molar-refractivity contribution in [2.45, 2.75) is 52.9 Å². The standard InChI is InChI=1S/C14H22O/c1-11(2)5-4-6-13-7-9-14(10-8-13)12(3)15/h5,7,14H,4,6,8-10H2,1-3H3/t14-/m0/s1. The summed E-state index contributed by atoms with van der Waals surface area (Å²) in [6.45, 7) is 5.99. The lowest BCUT2D eigenvalue weighted by Gasteiger charge is -2.19. The average Bonchev–Trinajstić information content (AvgIpc) is 2.18. The molecule has 1 aliphatic rings. The van der Waals surface area contributed by atoms with Crippen LogP contribution >= 0.6 is 0 Å². The van der Waals surface area contributed by atoms with E-state index in [9.17, 15) is 4.79 Å². The Labute approximate surface area is 93.3 Å². The first-order valence-electron chi connectivity index (χ1n) is 5.91. The van der Waals surface area contributed by atoms with Gasteiger partial charge in [-0.25, -0.2) is 0 Å². The van der Waals surface area contributed by atoms with Crippen molar-refractivity contribution in [3.63, 3.8) is 0 Å². The summed E-state index contributed by atoms with van der Waals surface area (Å²) in [5, 5.41) is 0. The minimum atomic E-state index is 0.303. The maximum absolute atomic E-state index is 11.2. The second kappa shape index (κ2) is 5.89. The van der Waals surface area contributed by atoms with E-state index >= 15 is 0 Å². The molecule has 0 saturated carbocycles. The van der Waals surface area contributed by atoms with Crippen molar-refractivity contribution in [1.82, 2.24) is 0 Å². The van der Waals surface area contributed by atoms with E-state index < -0.39 is 0 Å². The highest BCUT2D eigenvalue weighted by Gasteiger charge is 2.17. The Morgan fingerprint density at radius 3 is 2.67 bits per heavy atom. The molecule has 1 heteroatoms. The van der Waals surface area contributed by atoms with Gasteiger partial charge in [-0.15, -0.1) is 0 Å². The van der Waals surface area contributed by atoms with Gasteiger partial charge in [0.15, 0.2) is 0 Å². The summed E-state index contributed by atoms with van der Waals surface area (Å²) < 4.78 is 0. The summed E-state index contributed by atoms with van der Waals surface area (Å²) in [6, 6.07) is 0. The lowest BCUT2D eigenvalue weighted by atomic mass is 9.86. The molecule has 0 unspecified atom stereocenters. The van der Waals surface area contributed by atoms with E-state index in [0.29, 0.717) is 11.7 Å². The maximum atomic E-state index is 11.2. The highest BCUT2D eigenvalue weighted by molar-refractivity contribution is 5.78. The molecule has 1 atom stereocenters. The molecule has 0 aliphatic heterocycles. The molecule has 1 nitrogen and oxygen atoms in total. The summed E-state index contributed by atoms with van der Waals surface area (Å²) in [6.07, 6.45) is 10.1. The summed E-state index contributed by atoms with van der Waals surface area (Å²) in [5.74, 6) is 0.659. The van der Waals surface area contributed by atoms with Gasteiger partial charge in [-0.1, -0.05) is 23.3 Å². The predicted molar refractivity (Wildman–Crippen MR) is 64.8 cm³/mol. The van der Waals surface area contributed by atoms with Gasteiger partial charge in [0.1, 0.15) is 5.78 Å². The zero-order valence-corrected chi connectivity index (χ0v) is 10.2. The third kappa shape index (κ3) is 4.46. The molecule has 0 saturated heterocycles. The average molecular weight is 206 g/mol.